The Morgan fingerprint density at radius 3 is 2.82 bits per heavy atom. The zero-order valence-corrected chi connectivity index (χ0v) is 12.4. The summed E-state index contributed by atoms with van der Waals surface area (Å²) in [6.45, 7) is 0.177. The fourth-order valence-corrected chi connectivity index (χ4v) is 2.06. The third kappa shape index (κ3) is 4.17. The number of amides is 1. The van der Waals surface area contributed by atoms with Crippen molar-refractivity contribution < 1.29 is 18.0 Å². The van der Waals surface area contributed by atoms with Crippen LogP contribution in [0.15, 0.2) is 24.3 Å². The van der Waals surface area contributed by atoms with Crippen LogP contribution in [0.3, 0.4) is 0 Å². The number of rotatable bonds is 4. The third-order valence-electron chi connectivity index (χ3n) is 2.82. The Hall–Kier alpha value is -2.16. The van der Waals surface area contributed by atoms with Crippen molar-refractivity contribution in [2.24, 2.45) is 0 Å². The number of aryl methyl sites for hydroxylation is 1. The molecule has 0 saturated carbocycles. The molecule has 0 unspecified atom stereocenters. The molecule has 0 spiro atoms. The number of hydrogen-bond acceptors (Lipinski definition) is 3. The first-order chi connectivity index (χ1) is 10.3. The van der Waals surface area contributed by atoms with E-state index in [4.69, 9.17) is 12.2 Å². The molecule has 0 bridgehead atoms. The number of aromatic nitrogens is 3. The van der Waals surface area contributed by atoms with Gasteiger partial charge >= 0.3 is 6.18 Å². The molecule has 2 N–H and O–H groups in total. The maximum atomic E-state index is 12.1. The minimum absolute atomic E-state index is 0.165. The van der Waals surface area contributed by atoms with E-state index >= 15 is 0 Å². The van der Waals surface area contributed by atoms with Crippen molar-refractivity contribution in [3.63, 3.8) is 0 Å². The number of nitrogens with zero attached hydrogens (tertiary/aromatic N) is 2. The Kier molecular flexibility index (Phi) is 4.65. The van der Waals surface area contributed by atoms with E-state index in [1.807, 2.05) is 25.1 Å². The van der Waals surface area contributed by atoms with Crippen LogP contribution in [0.25, 0.3) is 11.4 Å². The quantitative estimate of drug-likeness (QED) is 0.847. The van der Waals surface area contributed by atoms with Crippen molar-refractivity contribution in [2.45, 2.75) is 19.6 Å². The van der Waals surface area contributed by atoms with E-state index < -0.39 is 18.6 Å². The van der Waals surface area contributed by atoms with E-state index in [2.05, 4.69) is 10.2 Å². The SMILES string of the molecule is Cc1cccc(-c2n[nH]c(=S)n2CC(=O)NCC(F)(F)F)c1. The molecule has 0 fully saturated rings. The molecule has 0 radical (unpaired) electrons. The van der Waals surface area contributed by atoms with Crippen molar-refractivity contribution in [2.75, 3.05) is 6.54 Å². The summed E-state index contributed by atoms with van der Waals surface area (Å²) >= 11 is 5.02. The molecule has 1 aromatic heterocycles. The first-order valence-corrected chi connectivity index (χ1v) is 6.73. The maximum Gasteiger partial charge on any atom is 0.405 e. The second-order valence-electron chi connectivity index (χ2n) is 4.70. The summed E-state index contributed by atoms with van der Waals surface area (Å²) in [6, 6.07) is 7.33. The van der Waals surface area contributed by atoms with E-state index in [0.717, 1.165) is 11.1 Å². The molecule has 2 rings (SSSR count). The van der Waals surface area contributed by atoms with E-state index in [0.29, 0.717) is 5.82 Å². The highest BCUT2D eigenvalue weighted by atomic mass is 32.1. The van der Waals surface area contributed by atoms with Crippen LogP contribution in [0.4, 0.5) is 13.2 Å². The molecule has 1 aromatic carbocycles. The number of carbonyl (C=O) groups excluding carboxylic acids is 1. The standard InChI is InChI=1S/C13H13F3N4OS/c1-8-3-2-4-9(5-8)11-18-19-12(22)20(11)6-10(21)17-7-13(14,15)16/h2-5H,6-7H2,1H3,(H,17,21)(H,19,22). The second kappa shape index (κ2) is 6.30. The zero-order valence-electron chi connectivity index (χ0n) is 11.6. The lowest BCUT2D eigenvalue weighted by Gasteiger charge is -2.10. The molecule has 9 heteroatoms. The van der Waals surface area contributed by atoms with Gasteiger partial charge in [-0.3, -0.25) is 14.5 Å². The normalized spacial score (nSPS) is 11.5. The number of alkyl halides is 3. The summed E-state index contributed by atoms with van der Waals surface area (Å²) in [4.78, 5) is 11.6. The van der Waals surface area contributed by atoms with E-state index in [1.54, 1.807) is 11.4 Å². The van der Waals surface area contributed by atoms with Gasteiger partial charge in [0.25, 0.3) is 0 Å². The first kappa shape index (κ1) is 16.2. The Morgan fingerprint density at radius 2 is 2.18 bits per heavy atom. The average molecular weight is 330 g/mol. The van der Waals surface area contributed by atoms with Gasteiger partial charge in [0, 0.05) is 5.56 Å². The molecule has 1 amide bonds. The molecule has 22 heavy (non-hydrogen) atoms. The summed E-state index contributed by atoms with van der Waals surface area (Å²) < 4.78 is 37.8. The van der Waals surface area contributed by atoms with Crippen molar-refractivity contribution in [3.8, 4) is 11.4 Å². The Labute approximate surface area is 129 Å². The summed E-state index contributed by atoms with van der Waals surface area (Å²) in [5.74, 6) is -0.389. The molecule has 0 saturated heterocycles. The lowest BCUT2D eigenvalue weighted by atomic mass is 10.1. The lowest BCUT2D eigenvalue weighted by Crippen LogP contribution is -2.35. The van der Waals surface area contributed by atoms with Gasteiger partial charge in [-0.05, 0) is 25.2 Å². The molecule has 0 aliphatic carbocycles. The zero-order chi connectivity index (χ0) is 16.3. The molecular weight excluding hydrogens is 317 g/mol. The van der Waals surface area contributed by atoms with E-state index in [1.165, 1.54) is 4.57 Å². The largest absolute Gasteiger partial charge is 0.405 e. The van der Waals surface area contributed by atoms with Crippen LogP contribution in [0, 0.1) is 11.7 Å². The number of nitrogens with one attached hydrogen (secondary N) is 2. The number of H-pyrrole nitrogens is 1. The van der Waals surface area contributed by atoms with Crippen molar-refractivity contribution >= 4 is 18.1 Å². The van der Waals surface area contributed by atoms with Gasteiger partial charge in [-0.25, -0.2) is 0 Å². The fourth-order valence-electron chi connectivity index (χ4n) is 1.87. The number of halogens is 3. The van der Waals surface area contributed by atoms with E-state index in [-0.39, 0.29) is 11.3 Å². The number of aromatic amines is 1. The van der Waals surface area contributed by atoms with Crippen molar-refractivity contribution in [1.82, 2.24) is 20.1 Å². The van der Waals surface area contributed by atoms with Crippen LogP contribution in [0.1, 0.15) is 5.56 Å². The minimum atomic E-state index is -4.45. The molecule has 0 aliphatic rings. The summed E-state index contributed by atoms with van der Waals surface area (Å²) in [6.07, 6.45) is -4.45. The van der Waals surface area contributed by atoms with Gasteiger partial charge in [0.2, 0.25) is 5.91 Å². The van der Waals surface area contributed by atoms with Gasteiger partial charge in [-0.1, -0.05) is 23.8 Å². The second-order valence-corrected chi connectivity index (χ2v) is 5.09. The highest BCUT2D eigenvalue weighted by molar-refractivity contribution is 7.71. The Morgan fingerprint density at radius 1 is 1.45 bits per heavy atom. The molecule has 0 aliphatic heterocycles. The Balaban J connectivity index is 2.20. The Bertz CT molecular complexity index is 735. The van der Waals surface area contributed by atoms with Crippen LogP contribution >= 0.6 is 12.2 Å². The molecular formula is C13H13F3N4OS. The van der Waals surface area contributed by atoms with Crippen LogP contribution in [-0.2, 0) is 11.3 Å². The molecule has 0 atom stereocenters. The first-order valence-electron chi connectivity index (χ1n) is 6.32. The van der Waals surface area contributed by atoms with E-state index in [9.17, 15) is 18.0 Å². The highest BCUT2D eigenvalue weighted by Gasteiger charge is 2.27. The molecule has 1 heterocycles. The predicted molar refractivity (Wildman–Crippen MR) is 76.6 cm³/mol. The van der Waals surface area contributed by atoms with Gasteiger partial charge in [0.05, 0.1) is 0 Å². The van der Waals surface area contributed by atoms with Crippen molar-refractivity contribution in [1.29, 1.82) is 0 Å². The lowest BCUT2D eigenvalue weighted by molar-refractivity contribution is -0.138. The van der Waals surface area contributed by atoms with Crippen LogP contribution < -0.4 is 5.32 Å². The maximum absolute atomic E-state index is 12.1. The minimum Gasteiger partial charge on any atom is -0.345 e. The van der Waals surface area contributed by atoms with Crippen LogP contribution in [0.2, 0.25) is 0 Å². The fraction of sp³-hybridized carbons (Fsp3) is 0.308. The number of benzene rings is 1. The van der Waals surface area contributed by atoms with Gasteiger partial charge in [-0.2, -0.15) is 18.3 Å². The van der Waals surface area contributed by atoms with Crippen molar-refractivity contribution in [3.05, 3.63) is 34.6 Å². The third-order valence-corrected chi connectivity index (χ3v) is 3.13. The highest BCUT2D eigenvalue weighted by Crippen LogP contribution is 2.18. The van der Waals surface area contributed by atoms with Gasteiger partial charge in [0.15, 0.2) is 10.6 Å². The summed E-state index contributed by atoms with van der Waals surface area (Å²) in [5.41, 5.74) is 1.70. The van der Waals surface area contributed by atoms with Gasteiger partial charge < -0.3 is 5.32 Å². The van der Waals surface area contributed by atoms with Crippen LogP contribution in [0.5, 0.6) is 0 Å². The topological polar surface area (TPSA) is 62.7 Å². The summed E-state index contributed by atoms with van der Waals surface area (Å²) in [7, 11) is 0. The molecule has 118 valence electrons. The average Bonchev–Trinajstić information content (AvgIpc) is 2.77. The van der Waals surface area contributed by atoms with Gasteiger partial charge in [0.1, 0.15) is 13.1 Å². The monoisotopic (exact) mass is 330 g/mol. The number of carbonyl (C=O) groups is 1. The molecule has 5 nitrogen and oxygen atoms in total. The summed E-state index contributed by atoms with van der Waals surface area (Å²) in [5, 5.41) is 8.38. The molecule has 2 aromatic rings. The van der Waals surface area contributed by atoms with Crippen LogP contribution in [-0.4, -0.2) is 33.4 Å². The predicted octanol–water partition coefficient (Wildman–Crippen LogP) is 2.59. The van der Waals surface area contributed by atoms with Gasteiger partial charge in [-0.15, -0.1) is 0 Å². The smallest absolute Gasteiger partial charge is 0.345 e. The number of hydrogen-bond donors (Lipinski definition) is 2.